The first-order chi connectivity index (χ1) is 7.53. The van der Waals surface area contributed by atoms with Crippen molar-refractivity contribution < 1.29 is 9.90 Å². The molecule has 4 heteroatoms. The Morgan fingerprint density at radius 1 is 1.44 bits per heavy atom. The summed E-state index contributed by atoms with van der Waals surface area (Å²) >= 11 is 0. The highest BCUT2D eigenvalue weighted by Crippen LogP contribution is 2.32. The van der Waals surface area contributed by atoms with Gasteiger partial charge in [0.05, 0.1) is 0 Å². The first-order valence-electron chi connectivity index (χ1n) is 5.30. The summed E-state index contributed by atoms with van der Waals surface area (Å²) in [4.78, 5) is 13.0. The number of nitrogens with one attached hydrogen (secondary N) is 1. The number of aromatic hydroxyl groups is 1. The maximum Gasteiger partial charge on any atom is 0.317 e. The molecule has 0 bridgehead atoms. The monoisotopic (exact) mass is 220 g/mol. The van der Waals surface area contributed by atoms with E-state index in [-0.39, 0.29) is 17.2 Å². The molecule has 0 aromatic heterocycles. The molecular weight excluding hydrogens is 204 g/mol. The summed E-state index contributed by atoms with van der Waals surface area (Å²) in [6.07, 6.45) is 0. The van der Waals surface area contributed by atoms with Crippen LogP contribution in [0, 0.1) is 0 Å². The highest BCUT2D eigenvalue weighted by atomic mass is 16.3. The van der Waals surface area contributed by atoms with Crippen LogP contribution in [0.25, 0.3) is 0 Å². The van der Waals surface area contributed by atoms with E-state index in [2.05, 4.69) is 5.32 Å². The highest BCUT2D eigenvalue weighted by molar-refractivity contribution is 5.75. The van der Waals surface area contributed by atoms with E-state index in [1.165, 1.54) is 0 Å². The van der Waals surface area contributed by atoms with Crippen LogP contribution in [0.1, 0.15) is 12.5 Å². The molecular formula is C12H16N2O2. The predicted octanol–water partition coefficient (Wildman–Crippen LogP) is 1.30. The van der Waals surface area contributed by atoms with Gasteiger partial charge < -0.3 is 15.3 Å². The minimum absolute atomic E-state index is 0.0621. The van der Waals surface area contributed by atoms with Crippen LogP contribution in [0.15, 0.2) is 24.3 Å². The molecule has 0 aliphatic carbocycles. The van der Waals surface area contributed by atoms with Gasteiger partial charge in [0.2, 0.25) is 0 Å². The fraction of sp³-hybridized carbons (Fsp3) is 0.417. The summed E-state index contributed by atoms with van der Waals surface area (Å²) < 4.78 is 0. The van der Waals surface area contributed by atoms with Gasteiger partial charge in [-0.1, -0.05) is 25.1 Å². The van der Waals surface area contributed by atoms with Gasteiger partial charge in [0.1, 0.15) is 5.75 Å². The lowest BCUT2D eigenvalue weighted by Crippen LogP contribution is -2.56. The lowest BCUT2D eigenvalue weighted by Gasteiger charge is -2.39. The summed E-state index contributed by atoms with van der Waals surface area (Å²) in [5.41, 5.74) is 0.635. The van der Waals surface area contributed by atoms with Crippen LogP contribution in [0.3, 0.4) is 0 Å². The van der Waals surface area contributed by atoms with E-state index in [4.69, 9.17) is 0 Å². The quantitative estimate of drug-likeness (QED) is 0.749. The highest BCUT2D eigenvalue weighted by Gasteiger charge is 2.36. The summed E-state index contributed by atoms with van der Waals surface area (Å²) in [5, 5.41) is 12.7. The second kappa shape index (κ2) is 3.70. The number of carbonyl (C=O) groups excluding carboxylic acids is 1. The third-order valence-corrected chi connectivity index (χ3v) is 3.12. The van der Waals surface area contributed by atoms with Gasteiger partial charge in [-0.15, -0.1) is 0 Å². The minimum atomic E-state index is -0.242. The number of urea groups is 1. The molecule has 1 saturated heterocycles. The first-order valence-corrected chi connectivity index (χ1v) is 5.30. The van der Waals surface area contributed by atoms with Crippen LogP contribution < -0.4 is 5.32 Å². The Balaban J connectivity index is 2.33. The Hall–Kier alpha value is -1.71. The van der Waals surface area contributed by atoms with Crippen molar-refractivity contribution >= 4 is 6.03 Å². The maximum absolute atomic E-state index is 11.4. The van der Waals surface area contributed by atoms with E-state index >= 15 is 0 Å². The van der Waals surface area contributed by atoms with Gasteiger partial charge in [0, 0.05) is 31.1 Å². The molecule has 16 heavy (non-hydrogen) atoms. The lowest BCUT2D eigenvalue weighted by atomic mass is 9.80. The van der Waals surface area contributed by atoms with E-state index in [0.717, 1.165) is 5.56 Å². The van der Waals surface area contributed by atoms with Crippen molar-refractivity contribution in [2.45, 2.75) is 12.3 Å². The summed E-state index contributed by atoms with van der Waals surface area (Å²) in [7, 11) is 1.76. The van der Waals surface area contributed by atoms with Crippen LogP contribution in [0.2, 0.25) is 0 Å². The van der Waals surface area contributed by atoms with Crippen molar-refractivity contribution in [3.8, 4) is 5.75 Å². The zero-order chi connectivity index (χ0) is 11.8. The second-order valence-electron chi connectivity index (χ2n) is 4.59. The number of likely N-dealkylation sites (N-methyl/N-ethyl adjacent to an activating group) is 1. The fourth-order valence-electron chi connectivity index (χ4n) is 2.22. The van der Waals surface area contributed by atoms with Gasteiger partial charge in [-0.3, -0.25) is 0 Å². The molecule has 0 saturated carbocycles. The number of phenolic OH excluding ortho intramolecular Hbond substituents is 1. The molecule has 1 atom stereocenters. The van der Waals surface area contributed by atoms with Gasteiger partial charge in [-0.25, -0.2) is 4.79 Å². The third kappa shape index (κ3) is 1.71. The molecule has 2 N–H and O–H groups in total. The number of benzene rings is 1. The molecule has 0 radical (unpaired) electrons. The van der Waals surface area contributed by atoms with Crippen molar-refractivity contribution in [1.29, 1.82) is 0 Å². The molecule has 1 fully saturated rings. The SMILES string of the molecule is CN1CC(C)(c2ccccc2O)CNC1=O. The van der Waals surface area contributed by atoms with E-state index in [0.29, 0.717) is 13.1 Å². The maximum atomic E-state index is 11.4. The molecule has 86 valence electrons. The van der Waals surface area contributed by atoms with Crippen LogP contribution in [0.4, 0.5) is 4.79 Å². The Labute approximate surface area is 94.9 Å². The van der Waals surface area contributed by atoms with Crippen LogP contribution in [-0.4, -0.2) is 36.2 Å². The minimum Gasteiger partial charge on any atom is -0.508 e. The smallest absolute Gasteiger partial charge is 0.317 e. The van der Waals surface area contributed by atoms with Crippen LogP contribution in [0.5, 0.6) is 5.75 Å². The van der Waals surface area contributed by atoms with E-state index < -0.39 is 0 Å². The number of hydrogen-bond donors (Lipinski definition) is 2. The normalized spacial score (nSPS) is 25.4. The number of carbonyl (C=O) groups is 1. The Morgan fingerprint density at radius 2 is 2.12 bits per heavy atom. The fourth-order valence-corrected chi connectivity index (χ4v) is 2.22. The van der Waals surface area contributed by atoms with Crippen molar-refractivity contribution in [1.82, 2.24) is 10.2 Å². The van der Waals surface area contributed by atoms with E-state index in [1.807, 2.05) is 19.1 Å². The number of rotatable bonds is 1. The molecule has 2 amide bonds. The molecule has 1 aromatic rings. The lowest BCUT2D eigenvalue weighted by molar-refractivity contribution is 0.173. The number of para-hydroxylation sites is 1. The van der Waals surface area contributed by atoms with Gasteiger partial charge in [0.25, 0.3) is 0 Å². The van der Waals surface area contributed by atoms with E-state index in [9.17, 15) is 9.90 Å². The number of nitrogens with zero attached hydrogens (tertiary/aromatic N) is 1. The molecule has 1 aliphatic heterocycles. The number of hydrogen-bond acceptors (Lipinski definition) is 2. The first kappa shape index (κ1) is 10.8. The van der Waals surface area contributed by atoms with Crippen molar-refractivity contribution in [3.05, 3.63) is 29.8 Å². The molecule has 1 aliphatic rings. The van der Waals surface area contributed by atoms with Gasteiger partial charge in [-0.05, 0) is 6.07 Å². The standard InChI is InChI=1S/C12H16N2O2/c1-12(7-13-11(16)14(2)8-12)9-5-3-4-6-10(9)15/h3-6,15H,7-8H2,1-2H3,(H,13,16). The largest absolute Gasteiger partial charge is 0.508 e. The zero-order valence-corrected chi connectivity index (χ0v) is 9.53. The summed E-state index contributed by atoms with van der Waals surface area (Å²) in [6.45, 7) is 3.20. The van der Waals surface area contributed by atoms with Gasteiger partial charge in [0.15, 0.2) is 0 Å². The van der Waals surface area contributed by atoms with E-state index in [1.54, 1.807) is 24.1 Å². The van der Waals surface area contributed by atoms with Gasteiger partial charge in [-0.2, -0.15) is 0 Å². The van der Waals surface area contributed by atoms with Gasteiger partial charge >= 0.3 is 6.03 Å². The zero-order valence-electron chi connectivity index (χ0n) is 9.53. The van der Waals surface area contributed by atoms with Crippen LogP contribution >= 0.6 is 0 Å². The predicted molar refractivity (Wildman–Crippen MR) is 61.5 cm³/mol. The second-order valence-corrected chi connectivity index (χ2v) is 4.59. The topological polar surface area (TPSA) is 52.6 Å². The van der Waals surface area contributed by atoms with Crippen molar-refractivity contribution in [3.63, 3.8) is 0 Å². The number of amides is 2. The molecule has 2 rings (SSSR count). The Bertz CT molecular complexity index is 419. The van der Waals surface area contributed by atoms with Crippen LogP contribution in [-0.2, 0) is 5.41 Å². The molecule has 1 heterocycles. The summed E-state index contributed by atoms with van der Waals surface area (Å²) in [6, 6.07) is 7.22. The molecule has 1 unspecified atom stereocenters. The third-order valence-electron chi connectivity index (χ3n) is 3.12. The Kier molecular flexibility index (Phi) is 2.50. The average Bonchev–Trinajstić information content (AvgIpc) is 2.25. The van der Waals surface area contributed by atoms with Crippen molar-refractivity contribution in [2.75, 3.05) is 20.1 Å². The number of phenols is 1. The molecule has 0 spiro atoms. The Morgan fingerprint density at radius 3 is 2.75 bits per heavy atom. The molecule has 1 aromatic carbocycles. The summed E-state index contributed by atoms with van der Waals surface area (Å²) in [5.74, 6) is 0.287. The van der Waals surface area contributed by atoms with Crippen molar-refractivity contribution in [2.24, 2.45) is 0 Å². The molecule has 4 nitrogen and oxygen atoms in total. The average molecular weight is 220 g/mol.